The van der Waals surface area contributed by atoms with Crippen molar-refractivity contribution in [3.8, 4) is 0 Å². The zero-order valence-corrected chi connectivity index (χ0v) is 19.3. The van der Waals surface area contributed by atoms with Crippen LogP contribution in [-0.2, 0) is 32.4 Å². The highest BCUT2D eigenvalue weighted by Gasteiger charge is 2.41. The molecule has 31 heavy (non-hydrogen) atoms. The Balaban J connectivity index is 1.42. The third kappa shape index (κ3) is 5.36. The molecule has 1 aromatic carbocycles. The molecule has 3 heterocycles. The van der Waals surface area contributed by atoms with Gasteiger partial charge >= 0.3 is 0 Å². The second-order valence-electron chi connectivity index (χ2n) is 8.58. The van der Waals surface area contributed by atoms with E-state index < -0.39 is 15.8 Å². The number of rotatable bonds is 7. The zero-order valence-electron chi connectivity index (χ0n) is 17.7. The van der Waals surface area contributed by atoms with E-state index in [0.717, 1.165) is 11.3 Å². The molecule has 2 aliphatic rings. The summed E-state index contributed by atoms with van der Waals surface area (Å²) in [7, 11) is -3.11. The quantitative estimate of drug-likeness (QED) is 0.637. The van der Waals surface area contributed by atoms with Crippen LogP contribution in [0.1, 0.15) is 28.8 Å². The first kappa shape index (κ1) is 22.0. The standard InChI is InChI=1S/C23H28N2O4S2/c1-17-4-6-18(7-5-17)8-10-24-14-19(13-22(24)26)23(27)25(15-21-3-2-11-30-21)20-9-12-31(28,29)16-20/h2-7,11,19-20H,8-10,12-16H2,1H3. The van der Waals surface area contributed by atoms with Crippen LogP contribution in [0.5, 0.6) is 0 Å². The van der Waals surface area contributed by atoms with Crippen LogP contribution in [-0.4, -0.2) is 60.7 Å². The van der Waals surface area contributed by atoms with E-state index in [-0.39, 0.29) is 35.8 Å². The summed E-state index contributed by atoms with van der Waals surface area (Å²) in [5.41, 5.74) is 2.37. The van der Waals surface area contributed by atoms with Gasteiger partial charge in [-0.2, -0.15) is 0 Å². The molecule has 0 N–H and O–H groups in total. The highest BCUT2D eigenvalue weighted by atomic mass is 32.2. The first-order valence-electron chi connectivity index (χ1n) is 10.7. The Morgan fingerprint density at radius 1 is 1.23 bits per heavy atom. The summed E-state index contributed by atoms with van der Waals surface area (Å²) in [6.07, 6.45) is 1.43. The van der Waals surface area contributed by atoms with E-state index in [1.54, 1.807) is 21.1 Å². The molecular weight excluding hydrogens is 432 g/mol. The van der Waals surface area contributed by atoms with Crippen molar-refractivity contribution in [3.63, 3.8) is 0 Å². The van der Waals surface area contributed by atoms with Crippen molar-refractivity contribution in [1.29, 1.82) is 0 Å². The maximum Gasteiger partial charge on any atom is 0.228 e. The number of likely N-dealkylation sites (tertiary alicyclic amines) is 1. The van der Waals surface area contributed by atoms with Crippen LogP contribution in [0, 0.1) is 12.8 Å². The summed E-state index contributed by atoms with van der Waals surface area (Å²) in [6.45, 7) is 3.45. The van der Waals surface area contributed by atoms with E-state index in [1.165, 1.54) is 11.1 Å². The molecule has 4 rings (SSSR count). The predicted octanol–water partition coefficient (Wildman–Crippen LogP) is 2.66. The van der Waals surface area contributed by atoms with E-state index >= 15 is 0 Å². The molecule has 2 amide bonds. The number of hydrogen-bond acceptors (Lipinski definition) is 5. The number of carbonyl (C=O) groups is 2. The highest BCUT2D eigenvalue weighted by Crippen LogP contribution is 2.27. The van der Waals surface area contributed by atoms with Gasteiger partial charge in [-0.05, 0) is 36.8 Å². The number of benzene rings is 1. The van der Waals surface area contributed by atoms with E-state index in [4.69, 9.17) is 0 Å². The summed E-state index contributed by atoms with van der Waals surface area (Å²) < 4.78 is 24.1. The second-order valence-corrected chi connectivity index (χ2v) is 11.8. The Hall–Kier alpha value is -2.19. The van der Waals surface area contributed by atoms with Crippen molar-refractivity contribution < 1.29 is 18.0 Å². The minimum absolute atomic E-state index is 0.000536. The molecule has 2 fully saturated rings. The van der Waals surface area contributed by atoms with Gasteiger partial charge in [0, 0.05) is 30.4 Å². The van der Waals surface area contributed by atoms with Gasteiger partial charge in [0.25, 0.3) is 0 Å². The molecule has 6 nitrogen and oxygen atoms in total. The normalized spacial score (nSPS) is 22.7. The van der Waals surface area contributed by atoms with Crippen LogP contribution < -0.4 is 0 Å². The summed E-state index contributed by atoms with van der Waals surface area (Å²) in [4.78, 5) is 30.5. The van der Waals surface area contributed by atoms with Gasteiger partial charge in [0.15, 0.2) is 9.84 Å². The van der Waals surface area contributed by atoms with Crippen LogP contribution in [0.2, 0.25) is 0 Å². The Labute approximate surface area is 187 Å². The fraction of sp³-hybridized carbons (Fsp3) is 0.478. The maximum absolute atomic E-state index is 13.4. The van der Waals surface area contributed by atoms with Gasteiger partial charge in [-0.25, -0.2) is 8.42 Å². The Morgan fingerprint density at radius 2 is 2.00 bits per heavy atom. The van der Waals surface area contributed by atoms with Crippen molar-refractivity contribution in [2.75, 3.05) is 24.6 Å². The number of aryl methyl sites for hydroxylation is 1. The van der Waals surface area contributed by atoms with Crippen molar-refractivity contribution in [2.24, 2.45) is 5.92 Å². The number of nitrogens with zero attached hydrogens (tertiary/aromatic N) is 2. The molecule has 0 aliphatic carbocycles. The van der Waals surface area contributed by atoms with Crippen LogP contribution in [0.3, 0.4) is 0 Å². The Kier molecular flexibility index (Phi) is 6.48. The Morgan fingerprint density at radius 3 is 2.65 bits per heavy atom. The smallest absolute Gasteiger partial charge is 0.228 e. The van der Waals surface area contributed by atoms with Gasteiger partial charge in [0.05, 0.1) is 24.0 Å². The molecule has 8 heteroatoms. The van der Waals surface area contributed by atoms with Crippen molar-refractivity contribution in [1.82, 2.24) is 9.80 Å². The lowest BCUT2D eigenvalue weighted by Crippen LogP contribution is -2.44. The van der Waals surface area contributed by atoms with E-state index in [2.05, 4.69) is 24.3 Å². The molecule has 166 valence electrons. The van der Waals surface area contributed by atoms with E-state index in [0.29, 0.717) is 26.1 Å². The van der Waals surface area contributed by atoms with E-state index in [9.17, 15) is 18.0 Å². The minimum Gasteiger partial charge on any atom is -0.342 e. The van der Waals surface area contributed by atoms with Gasteiger partial charge < -0.3 is 9.80 Å². The average molecular weight is 461 g/mol. The van der Waals surface area contributed by atoms with Gasteiger partial charge in [0.2, 0.25) is 11.8 Å². The van der Waals surface area contributed by atoms with Crippen molar-refractivity contribution in [2.45, 2.75) is 38.8 Å². The van der Waals surface area contributed by atoms with E-state index in [1.807, 2.05) is 24.4 Å². The summed E-state index contributed by atoms with van der Waals surface area (Å²) >= 11 is 1.56. The third-order valence-electron chi connectivity index (χ3n) is 6.19. The molecular formula is C23H28N2O4S2. The lowest BCUT2D eigenvalue weighted by atomic mass is 10.0. The molecule has 2 atom stereocenters. The zero-order chi connectivity index (χ0) is 22.0. The Bertz CT molecular complexity index is 1030. The van der Waals surface area contributed by atoms with Crippen LogP contribution in [0.15, 0.2) is 41.8 Å². The monoisotopic (exact) mass is 460 g/mol. The molecule has 0 bridgehead atoms. The molecule has 2 aromatic rings. The molecule has 1 aromatic heterocycles. The minimum atomic E-state index is -3.11. The summed E-state index contributed by atoms with van der Waals surface area (Å²) in [5.74, 6) is -0.365. The molecule has 0 radical (unpaired) electrons. The fourth-order valence-corrected chi connectivity index (χ4v) is 6.82. The lowest BCUT2D eigenvalue weighted by Gasteiger charge is -2.30. The first-order valence-corrected chi connectivity index (χ1v) is 13.4. The largest absolute Gasteiger partial charge is 0.342 e. The summed E-state index contributed by atoms with van der Waals surface area (Å²) in [6, 6.07) is 11.8. The van der Waals surface area contributed by atoms with Crippen LogP contribution in [0.4, 0.5) is 0 Å². The fourth-order valence-electron chi connectivity index (χ4n) is 4.39. The molecule has 0 saturated carbocycles. The number of sulfone groups is 1. The van der Waals surface area contributed by atoms with Crippen molar-refractivity contribution >= 4 is 33.0 Å². The lowest BCUT2D eigenvalue weighted by molar-refractivity contribution is -0.138. The second kappa shape index (κ2) is 9.12. The molecule has 2 saturated heterocycles. The van der Waals surface area contributed by atoms with Gasteiger partial charge in [-0.3, -0.25) is 9.59 Å². The van der Waals surface area contributed by atoms with Gasteiger partial charge in [0.1, 0.15) is 0 Å². The SMILES string of the molecule is Cc1ccc(CCN2CC(C(=O)N(Cc3cccs3)C3CCS(=O)(=O)C3)CC2=O)cc1. The van der Waals surface area contributed by atoms with Crippen LogP contribution >= 0.6 is 11.3 Å². The number of hydrogen-bond donors (Lipinski definition) is 0. The maximum atomic E-state index is 13.4. The number of thiophene rings is 1. The number of carbonyl (C=O) groups excluding carboxylic acids is 2. The average Bonchev–Trinajstić information content (AvgIpc) is 3.46. The topological polar surface area (TPSA) is 74.8 Å². The molecule has 2 aliphatic heterocycles. The summed E-state index contributed by atoms with van der Waals surface area (Å²) in [5, 5.41) is 1.95. The number of amides is 2. The predicted molar refractivity (Wildman–Crippen MR) is 121 cm³/mol. The van der Waals surface area contributed by atoms with Crippen LogP contribution in [0.25, 0.3) is 0 Å². The van der Waals surface area contributed by atoms with Gasteiger partial charge in [-0.15, -0.1) is 11.3 Å². The molecule has 2 unspecified atom stereocenters. The first-order chi connectivity index (χ1) is 14.8. The van der Waals surface area contributed by atoms with Crippen molar-refractivity contribution in [3.05, 3.63) is 57.8 Å². The highest BCUT2D eigenvalue weighted by molar-refractivity contribution is 7.91. The third-order valence-corrected chi connectivity index (χ3v) is 8.80. The van der Waals surface area contributed by atoms with Gasteiger partial charge in [-0.1, -0.05) is 35.9 Å². The molecule has 0 spiro atoms.